The molecule has 1 aromatic carbocycles. The van der Waals surface area contributed by atoms with Crippen LogP contribution in [0.3, 0.4) is 0 Å². The number of nitrogens with one attached hydrogen (secondary N) is 1. The van der Waals surface area contributed by atoms with Crippen molar-refractivity contribution in [2.45, 2.75) is 13.0 Å². The highest BCUT2D eigenvalue weighted by molar-refractivity contribution is 9.11. The molecule has 0 heterocycles. The lowest BCUT2D eigenvalue weighted by molar-refractivity contribution is 0.590. The Morgan fingerprint density at radius 3 is 2.80 bits per heavy atom. The Kier molecular flexibility index (Phi) is 4.96. The predicted octanol–water partition coefficient (Wildman–Crippen LogP) is 4.15. The fraction of sp³-hybridized carbons (Fsp3) is 0.273. The molecule has 0 fully saturated rings. The molecule has 1 atom stereocenters. The van der Waals surface area contributed by atoms with Gasteiger partial charge in [-0.1, -0.05) is 28.6 Å². The second-order valence-electron chi connectivity index (χ2n) is 3.29. The molecule has 82 valence electrons. The van der Waals surface area contributed by atoms with E-state index in [2.05, 4.69) is 43.8 Å². The second kappa shape index (κ2) is 5.77. The molecule has 1 N–H and O–H groups in total. The highest BCUT2D eigenvalue weighted by Crippen LogP contribution is 2.20. The van der Waals surface area contributed by atoms with Gasteiger partial charge in [-0.05, 0) is 40.5 Å². The van der Waals surface area contributed by atoms with Gasteiger partial charge in [0.25, 0.3) is 0 Å². The van der Waals surface area contributed by atoms with Gasteiger partial charge < -0.3 is 5.32 Å². The van der Waals surface area contributed by atoms with E-state index in [1.54, 1.807) is 6.07 Å². The van der Waals surface area contributed by atoms with Gasteiger partial charge in [-0.2, -0.15) is 0 Å². The minimum atomic E-state index is -0.237. The molecule has 0 aromatic heterocycles. The Hall–Kier alpha value is -0.190. The van der Waals surface area contributed by atoms with E-state index in [1.165, 1.54) is 6.07 Å². The van der Waals surface area contributed by atoms with Crippen molar-refractivity contribution in [3.05, 3.63) is 45.1 Å². The van der Waals surface area contributed by atoms with Crippen LogP contribution < -0.4 is 5.32 Å². The molecule has 0 bridgehead atoms. The lowest BCUT2D eigenvalue weighted by atomic mass is 10.1. The minimum absolute atomic E-state index is 0.0990. The predicted molar refractivity (Wildman–Crippen MR) is 68.6 cm³/mol. The molecule has 0 saturated heterocycles. The highest BCUT2D eigenvalue weighted by Gasteiger charge is 2.07. The number of hydrogen-bond donors (Lipinski definition) is 1. The first-order chi connectivity index (χ1) is 7.00. The summed E-state index contributed by atoms with van der Waals surface area (Å²) in [4.78, 5) is 0. The monoisotopic (exact) mass is 335 g/mol. The van der Waals surface area contributed by atoms with E-state index in [-0.39, 0.29) is 11.9 Å². The Morgan fingerprint density at radius 1 is 1.60 bits per heavy atom. The van der Waals surface area contributed by atoms with Crippen LogP contribution in [0.4, 0.5) is 4.39 Å². The molecule has 0 aliphatic heterocycles. The Balaban J connectivity index is 2.69. The smallest absolute Gasteiger partial charge is 0.137 e. The molecule has 0 aliphatic rings. The summed E-state index contributed by atoms with van der Waals surface area (Å²) < 4.78 is 14.6. The van der Waals surface area contributed by atoms with Crippen LogP contribution >= 0.6 is 31.9 Å². The normalized spacial score (nSPS) is 12.5. The SMILES string of the molecule is C=C(Br)CNC(C)c1ccc(Br)c(F)c1. The van der Waals surface area contributed by atoms with Crippen molar-refractivity contribution in [3.63, 3.8) is 0 Å². The molecular weight excluding hydrogens is 325 g/mol. The van der Waals surface area contributed by atoms with Crippen LogP contribution in [0.25, 0.3) is 0 Å². The maximum atomic E-state index is 13.2. The number of rotatable bonds is 4. The summed E-state index contributed by atoms with van der Waals surface area (Å²) in [6, 6.07) is 5.23. The molecule has 0 spiro atoms. The molecule has 4 heteroatoms. The van der Waals surface area contributed by atoms with Gasteiger partial charge in [0, 0.05) is 17.1 Å². The van der Waals surface area contributed by atoms with E-state index in [1.807, 2.05) is 13.0 Å². The molecule has 1 rings (SSSR count). The quantitative estimate of drug-likeness (QED) is 0.871. The Labute approximate surface area is 106 Å². The van der Waals surface area contributed by atoms with Crippen LogP contribution in [-0.2, 0) is 0 Å². The van der Waals surface area contributed by atoms with Crippen molar-refractivity contribution in [2.75, 3.05) is 6.54 Å². The fourth-order valence-electron chi connectivity index (χ4n) is 1.16. The maximum Gasteiger partial charge on any atom is 0.137 e. The summed E-state index contributed by atoms with van der Waals surface area (Å²) >= 11 is 6.39. The fourth-order valence-corrected chi connectivity index (χ4v) is 1.57. The molecule has 0 saturated carbocycles. The molecule has 0 aliphatic carbocycles. The molecule has 15 heavy (non-hydrogen) atoms. The Morgan fingerprint density at radius 2 is 2.27 bits per heavy atom. The van der Waals surface area contributed by atoms with Gasteiger partial charge in [-0.15, -0.1) is 0 Å². The summed E-state index contributed by atoms with van der Waals surface area (Å²) in [7, 11) is 0. The van der Waals surface area contributed by atoms with Crippen LogP contribution in [0.1, 0.15) is 18.5 Å². The summed E-state index contributed by atoms with van der Waals surface area (Å²) in [5, 5.41) is 3.22. The highest BCUT2D eigenvalue weighted by atomic mass is 79.9. The maximum absolute atomic E-state index is 13.2. The van der Waals surface area contributed by atoms with Crippen LogP contribution in [0.5, 0.6) is 0 Å². The second-order valence-corrected chi connectivity index (χ2v) is 5.27. The van der Waals surface area contributed by atoms with Crippen molar-refractivity contribution < 1.29 is 4.39 Å². The molecule has 0 radical (unpaired) electrons. The van der Waals surface area contributed by atoms with Gasteiger partial charge in [0.1, 0.15) is 5.82 Å². The zero-order chi connectivity index (χ0) is 11.4. The largest absolute Gasteiger partial charge is 0.306 e. The van der Waals surface area contributed by atoms with Crippen molar-refractivity contribution in [1.29, 1.82) is 0 Å². The molecule has 1 aromatic rings. The topological polar surface area (TPSA) is 12.0 Å². The first kappa shape index (κ1) is 12.9. The van der Waals surface area contributed by atoms with E-state index in [9.17, 15) is 4.39 Å². The summed E-state index contributed by atoms with van der Waals surface area (Å²) in [5.74, 6) is -0.237. The van der Waals surface area contributed by atoms with Crippen molar-refractivity contribution in [2.24, 2.45) is 0 Å². The van der Waals surface area contributed by atoms with Crippen molar-refractivity contribution in [3.8, 4) is 0 Å². The van der Waals surface area contributed by atoms with E-state index in [4.69, 9.17) is 0 Å². The third kappa shape index (κ3) is 4.05. The number of benzene rings is 1. The molecule has 1 unspecified atom stereocenters. The van der Waals surface area contributed by atoms with Gasteiger partial charge in [0.15, 0.2) is 0 Å². The van der Waals surface area contributed by atoms with Crippen molar-refractivity contribution in [1.82, 2.24) is 5.32 Å². The van der Waals surface area contributed by atoms with Gasteiger partial charge >= 0.3 is 0 Å². The first-order valence-electron chi connectivity index (χ1n) is 4.52. The van der Waals surface area contributed by atoms with E-state index in [0.717, 1.165) is 10.0 Å². The third-order valence-electron chi connectivity index (χ3n) is 2.04. The number of hydrogen-bond acceptors (Lipinski definition) is 1. The first-order valence-corrected chi connectivity index (χ1v) is 6.11. The van der Waals surface area contributed by atoms with Crippen LogP contribution in [0, 0.1) is 5.82 Å². The average Bonchev–Trinajstić information content (AvgIpc) is 2.18. The van der Waals surface area contributed by atoms with Crippen LogP contribution in [0.15, 0.2) is 33.7 Å². The standard InChI is InChI=1S/C11H12Br2FN/c1-7(12)6-15-8(2)9-3-4-10(13)11(14)5-9/h3-5,8,15H,1,6H2,2H3. The summed E-state index contributed by atoms with van der Waals surface area (Å²) in [5.41, 5.74) is 0.921. The average molecular weight is 337 g/mol. The lowest BCUT2D eigenvalue weighted by Gasteiger charge is -2.14. The van der Waals surface area contributed by atoms with Gasteiger partial charge in [-0.25, -0.2) is 4.39 Å². The molecule has 0 amide bonds. The van der Waals surface area contributed by atoms with E-state index < -0.39 is 0 Å². The Bertz CT molecular complexity index is 366. The summed E-state index contributed by atoms with van der Waals surface area (Å²) in [6.07, 6.45) is 0. The molecule has 1 nitrogen and oxygen atoms in total. The minimum Gasteiger partial charge on any atom is -0.306 e. The van der Waals surface area contributed by atoms with Crippen LogP contribution in [0.2, 0.25) is 0 Å². The zero-order valence-electron chi connectivity index (χ0n) is 8.36. The third-order valence-corrected chi connectivity index (χ3v) is 2.97. The van der Waals surface area contributed by atoms with Crippen molar-refractivity contribution >= 4 is 31.9 Å². The van der Waals surface area contributed by atoms with Crippen LogP contribution in [-0.4, -0.2) is 6.54 Å². The van der Waals surface area contributed by atoms with E-state index in [0.29, 0.717) is 11.0 Å². The summed E-state index contributed by atoms with van der Waals surface area (Å²) in [6.45, 7) is 6.38. The molecular formula is C11H12Br2FN. The zero-order valence-corrected chi connectivity index (χ0v) is 11.5. The van der Waals surface area contributed by atoms with Gasteiger partial charge in [0.2, 0.25) is 0 Å². The van der Waals surface area contributed by atoms with Gasteiger partial charge in [-0.3, -0.25) is 0 Å². The van der Waals surface area contributed by atoms with E-state index >= 15 is 0 Å². The lowest BCUT2D eigenvalue weighted by Crippen LogP contribution is -2.19. The number of halogens is 3. The van der Waals surface area contributed by atoms with Gasteiger partial charge in [0.05, 0.1) is 4.47 Å².